The van der Waals surface area contributed by atoms with Gasteiger partial charge in [-0.3, -0.25) is 14.4 Å². The Hall–Kier alpha value is -2.37. The summed E-state index contributed by atoms with van der Waals surface area (Å²) in [6.07, 6.45) is 2.24. The van der Waals surface area contributed by atoms with Gasteiger partial charge in [0, 0.05) is 44.7 Å². The Bertz CT molecular complexity index is 541. The van der Waals surface area contributed by atoms with Crippen LogP contribution in [0.1, 0.15) is 40.0 Å². The van der Waals surface area contributed by atoms with Crippen LogP contribution in [-0.4, -0.2) is 30.8 Å². The van der Waals surface area contributed by atoms with Crippen molar-refractivity contribution in [1.82, 2.24) is 5.32 Å². The number of anilines is 2. The van der Waals surface area contributed by atoms with Crippen LogP contribution in [0.25, 0.3) is 0 Å². The summed E-state index contributed by atoms with van der Waals surface area (Å²) in [4.78, 5) is 36.1. The van der Waals surface area contributed by atoms with Crippen LogP contribution in [0, 0.1) is 0 Å². The van der Waals surface area contributed by atoms with Crippen LogP contribution in [-0.2, 0) is 14.4 Å². The Balaban J connectivity index is 2.62. The minimum Gasteiger partial charge on any atom is -0.356 e. The first-order chi connectivity index (χ1) is 10.9. The van der Waals surface area contributed by atoms with E-state index in [1.54, 1.807) is 29.2 Å². The van der Waals surface area contributed by atoms with Crippen molar-refractivity contribution >= 4 is 29.1 Å². The van der Waals surface area contributed by atoms with E-state index < -0.39 is 0 Å². The molecule has 6 nitrogen and oxygen atoms in total. The van der Waals surface area contributed by atoms with Gasteiger partial charge in [-0.1, -0.05) is 13.3 Å². The average molecular weight is 319 g/mol. The zero-order valence-electron chi connectivity index (χ0n) is 14.0. The normalized spacial score (nSPS) is 10.0. The third-order valence-corrected chi connectivity index (χ3v) is 3.29. The van der Waals surface area contributed by atoms with Gasteiger partial charge in [-0.15, -0.1) is 0 Å². The van der Waals surface area contributed by atoms with Crippen LogP contribution in [0.15, 0.2) is 24.3 Å². The zero-order valence-corrected chi connectivity index (χ0v) is 14.0. The molecule has 0 heterocycles. The van der Waals surface area contributed by atoms with E-state index in [1.807, 2.05) is 0 Å². The predicted octanol–water partition coefficient (Wildman–Crippen LogP) is 2.30. The van der Waals surface area contributed by atoms with Crippen molar-refractivity contribution in [1.29, 1.82) is 0 Å². The average Bonchev–Trinajstić information content (AvgIpc) is 2.48. The fourth-order valence-corrected chi connectivity index (χ4v) is 2.10. The molecule has 1 aromatic carbocycles. The molecule has 1 rings (SSSR count). The molecule has 1 aromatic rings. The summed E-state index contributed by atoms with van der Waals surface area (Å²) >= 11 is 0. The van der Waals surface area contributed by atoms with Gasteiger partial charge in [0.15, 0.2) is 0 Å². The summed E-state index contributed by atoms with van der Waals surface area (Å²) in [6, 6.07) is 6.96. The highest BCUT2D eigenvalue weighted by atomic mass is 16.2. The minimum atomic E-state index is -0.148. The minimum absolute atomic E-state index is 0.0560. The van der Waals surface area contributed by atoms with Crippen molar-refractivity contribution in [3.63, 3.8) is 0 Å². The van der Waals surface area contributed by atoms with Crippen molar-refractivity contribution in [3.8, 4) is 0 Å². The Labute approximate surface area is 137 Å². The maximum atomic E-state index is 11.8. The van der Waals surface area contributed by atoms with Gasteiger partial charge >= 0.3 is 0 Å². The van der Waals surface area contributed by atoms with Crippen LogP contribution in [0.2, 0.25) is 0 Å². The van der Waals surface area contributed by atoms with Gasteiger partial charge in [-0.25, -0.2) is 0 Å². The summed E-state index contributed by atoms with van der Waals surface area (Å²) in [6.45, 7) is 5.96. The third kappa shape index (κ3) is 6.95. The molecular formula is C17H25N3O3. The molecule has 126 valence electrons. The zero-order chi connectivity index (χ0) is 17.2. The van der Waals surface area contributed by atoms with Gasteiger partial charge in [-0.2, -0.15) is 0 Å². The van der Waals surface area contributed by atoms with Gasteiger partial charge in [0.25, 0.3) is 0 Å². The van der Waals surface area contributed by atoms with E-state index in [0.717, 1.165) is 12.8 Å². The number of hydrogen-bond acceptors (Lipinski definition) is 3. The smallest absolute Gasteiger partial charge is 0.223 e. The number of carbonyl (C=O) groups excluding carboxylic acids is 3. The molecule has 0 aliphatic heterocycles. The van der Waals surface area contributed by atoms with Crippen LogP contribution in [0.3, 0.4) is 0 Å². The highest BCUT2D eigenvalue weighted by Gasteiger charge is 2.13. The van der Waals surface area contributed by atoms with Crippen LogP contribution < -0.4 is 15.5 Å². The van der Waals surface area contributed by atoms with Gasteiger partial charge < -0.3 is 15.5 Å². The van der Waals surface area contributed by atoms with Crippen molar-refractivity contribution in [2.24, 2.45) is 0 Å². The summed E-state index contributed by atoms with van der Waals surface area (Å²) in [5.74, 6) is -0.330. The third-order valence-electron chi connectivity index (χ3n) is 3.29. The van der Waals surface area contributed by atoms with Gasteiger partial charge in [0.05, 0.1) is 0 Å². The van der Waals surface area contributed by atoms with E-state index in [-0.39, 0.29) is 24.1 Å². The highest BCUT2D eigenvalue weighted by molar-refractivity contribution is 5.93. The molecule has 0 spiro atoms. The molecule has 2 N–H and O–H groups in total. The first-order valence-corrected chi connectivity index (χ1v) is 7.86. The highest BCUT2D eigenvalue weighted by Crippen LogP contribution is 2.18. The van der Waals surface area contributed by atoms with E-state index in [1.165, 1.54) is 13.8 Å². The number of hydrogen-bond donors (Lipinski definition) is 2. The van der Waals surface area contributed by atoms with Crippen LogP contribution in [0.4, 0.5) is 11.4 Å². The molecule has 0 atom stereocenters. The molecule has 0 aliphatic carbocycles. The predicted molar refractivity (Wildman–Crippen MR) is 91.3 cm³/mol. The Morgan fingerprint density at radius 1 is 1.09 bits per heavy atom. The molecular weight excluding hydrogens is 294 g/mol. The van der Waals surface area contributed by atoms with Crippen molar-refractivity contribution in [3.05, 3.63) is 24.3 Å². The standard InChI is InChI=1S/C17H25N3O3/c1-4-5-11-18-17(23)10-12-20(14(3)22)16-8-6-15(7-9-16)19-13(2)21/h6-9H,4-5,10-12H2,1-3H3,(H,18,23)(H,19,21). The second-order valence-corrected chi connectivity index (χ2v) is 5.35. The molecule has 0 aliphatic rings. The number of benzene rings is 1. The quantitative estimate of drug-likeness (QED) is 0.722. The lowest BCUT2D eigenvalue weighted by molar-refractivity contribution is -0.121. The Morgan fingerprint density at radius 3 is 2.26 bits per heavy atom. The maximum Gasteiger partial charge on any atom is 0.223 e. The molecule has 23 heavy (non-hydrogen) atoms. The number of carbonyl (C=O) groups is 3. The number of rotatable bonds is 8. The second kappa shape index (κ2) is 9.61. The van der Waals surface area contributed by atoms with Crippen LogP contribution in [0.5, 0.6) is 0 Å². The Kier molecular flexibility index (Phi) is 7.80. The molecule has 0 saturated carbocycles. The Morgan fingerprint density at radius 2 is 1.74 bits per heavy atom. The number of unbranched alkanes of at least 4 members (excludes halogenated alkanes) is 1. The first-order valence-electron chi connectivity index (χ1n) is 7.86. The van der Waals surface area contributed by atoms with Gasteiger partial charge in [0.2, 0.25) is 17.7 Å². The van der Waals surface area contributed by atoms with Gasteiger partial charge in [0.1, 0.15) is 0 Å². The van der Waals surface area contributed by atoms with E-state index in [2.05, 4.69) is 17.6 Å². The molecule has 0 unspecified atom stereocenters. The first kappa shape index (κ1) is 18.7. The topological polar surface area (TPSA) is 78.5 Å². The van der Waals surface area contributed by atoms with E-state index in [0.29, 0.717) is 24.5 Å². The van der Waals surface area contributed by atoms with E-state index >= 15 is 0 Å². The van der Waals surface area contributed by atoms with Crippen molar-refractivity contribution < 1.29 is 14.4 Å². The molecule has 0 saturated heterocycles. The van der Waals surface area contributed by atoms with E-state index in [9.17, 15) is 14.4 Å². The maximum absolute atomic E-state index is 11.8. The number of nitrogens with one attached hydrogen (secondary N) is 2. The lowest BCUT2D eigenvalue weighted by Crippen LogP contribution is -2.34. The number of nitrogens with zero attached hydrogens (tertiary/aromatic N) is 1. The monoisotopic (exact) mass is 319 g/mol. The fraction of sp³-hybridized carbons (Fsp3) is 0.471. The molecule has 3 amide bonds. The molecule has 6 heteroatoms. The van der Waals surface area contributed by atoms with E-state index in [4.69, 9.17) is 0 Å². The molecule has 0 radical (unpaired) electrons. The molecule has 0 bridgehead atoms. The lowest BCUT2D eigenvalue weighted by atomic mass is 10.2. The second-order valence-electron chi connectivity index (χ2n) is 5.35. The van der Waals surface area contributed by atoms with Gasteiger partial charge in [-0.05, 0) is 30.7 Å². The SMILES string of the molecule is CCCCNC(=O)CCN(C(C)=O)c1ccc(NC(C)=O)cc1. The van der Waals surface area contributed by atoms with Crippen molar-refractivity contribution in [2.45, 2.75) is 40.0 Å². The fourth-order valence-electron chi connectivity index (χ4n) is 2.10. The summed E-state index contributed by atoms with van der Waals surface area (Å²) in [5, 5.41) is 5.51. The summed E-state index contributed by atoms with van der Waals surface area (Å²) < 4.78 is 0. The lowest BCUT2D eigenvalue weighted by Gasteiger charge is -2.21. The summed E-state index contributed by atoms with van der Waals surface area (Å²) in [5.41, 5.74) is 1.37. The largest absolute Gasteiger partial charge is 0.356 e. The van der Waals surface area contributed by atoms with Crippen molar-refractivity contribution in [2.75, 3.05) is 23.3 Å². The number of amides is 3. The summed E-state index contributed by atoms with van der Waals surface area (Å²) in [7, 11) is 0. The molecule has 0 fully saturated rings. The van der Waals surface area contributed by atoms with Crippen LogP contribution >= 0.6 is 0 Å². The molecule has 0 aromatic heterocycles.